The van der Waals surface area contributed by atoms with Crippen molar-refractivity contribution < 1.29 is 5.11 Å². The third-order valence-electron chi connectivity index (χ3n) is 3.40. The van der Waals surface area contributed by atoms with E-state index in [1.54, 1.807) is 11.1 Å². The molecule has 0 aromatic carbocycles. The van der Waals surface area contributed by atoms with Crippen LogP contribution in [-0.2, 0) is 0 Å². The highest BCUT2D eigenvalue weighted by atomic mass is 32.1. The van der Waals surface area contributed by atoms with Crippen molar-refractivity contribution in [1.82, 2.24) is 10.6 Å². The summed E-state index contributed by atoms with van der Waals surface area (Å²) in [6.45, 7) is 3.76. The minimum Gasteiger partial charge on any atom is -0.395 e. The lowest BCUT2D eigenvalue weighted by atomic mass is 10.0. The Morgan fingerprint density at radius 1 is 1.22 bits per heavy atom. The average Bonchev–Trinajstić information content (AvgIpc) is 2.82. The normalized spacial score (nSPS) is 15.0. The van der Waals surface area contributed by atoms with Crippen LogP contribution in [0.2, 0.25) is 0 Å². The molecule has 1 aliphatic rings. The molecule has 0 radical (unpaired) electrons. The van der Waals surface area contributed by atoms with Gasteiger partial charge >= 0.3 is 0 Å². The summed E-state index contributed by atoms with van der Waals surface area (Å²) in [4.78, 5) is 0. The molecular weight excluding hydrogens is 244 g/mol. The molecule has 0 fully saturated rings. The van der Waals surface area contributed by atoms with Crippen LogP contribution in [0.1, 0.15) is 51.9 Å². The van der Waals surface area contributed by atoms with E-state index >= 15 is 0 Å². The summed E-state index contributed by atoms with van der Waals surface area (Å²) in [7, 11) is 0. The van der Waals surface area contributed by atoms with E-state index in [4.69, 9.17) is 17.3 Å². The van der Waals surface area contributed by atoms with Crippen molar-refractivity contribution >= 4 is 17.3 Å². The summed E-state index contributed by atoms with van der Waals surface area (Å²) in [5, 5.41) is 15.5. The maximum absolute atomic E-state index is 8.70. The molecule has 0 aliphatic heterocycles. The summed E-state index contributed by atoms with van der Waals surface area (Å²) in [5.41, 5.74) is 3.21. The molecule has 104 valence electrons. The molecule has 0 heterocycles. The van der Waals surface area contributed by atoms with Crippen molar-refractivity contribution in [2.24, 2.45) is 0 Å². The second-order valence-corrected chi connectivity index (χ2v) is 5.26. The summed E-state index contributed by atoms with van der Waals surface area (Å²) in [6.07, 6.45) is 9.00. The topological polar surface area (TPSA) is 44.3 Å². The maximum Gasteiger partial charge on any atom is 0.166 e. The predicted octanol–water partition coefficient (Wildman–Crippen LogP) is 2.50. The molecule has 1 rings (SSSR count). The number of allylic oxidation sites excluding steroid dienone is 1. The van der Waals surface area contributed by atoms with Crippen LogP contribution in [0.25, 0.3) is 0 Å². The monoisotopic (exact) mass is 270 g/mol. The predicted molar refractivity (Wildman–Crippen MR) is 80.7 cm³/mol. The van der Waals surface area contributed by atoms with E-state index in [0.717, 1.165) is 6.54 Å². The zero-order valence-corrected chi connectivity index (χ0v) is 12.2. The van der Waals surface area contributed by atoms with E-state index < -0.39 is 0 Å². The molecule has 0 amide bonds. The molecule has 0 saturated heterocycles. The molecule has 4 heteroatoms. The van der Waals surface area contributed by atoms with Crippen LogP contribution in [0.5, 0.6) is 0 Å². The van der Waals surface area contributed by atoms with E-state index in [9.17, 15) is 0 Å². The molecule has 0 spiro atoms. The number of hydrogen-bond donors (Lipinski definition) is 3. The highest BCUT2D eigenvalue weighted by Crippen LogP contribution is 2.29. The van der Waals surface area contributed by atoms with Gasteiger partial charge in [0.05, 0.1) is 6.61 Å². The Labute approximate surface area is 116 Å². The molecule has 0 aromatic rings. The number of hydrogen-bond acceptors (Lipinski definition) is 2. The van der Waals surface area contributed by atoms with Crippen LogP contribution in [0.4, 0.5) is 0 Å². The van der Waals surface area contributed by atoms with E-state index in [1.807, 2.05) is 0 Å². The number of aliphatic hydroxyl groups is 1. The van der Waals surface area contributed by atoms with Gasteiger partial charge in [0.25, 0.3) is 0 Å². The maximum atomic E-state index is 8.70. The Hall–Kier alpha value is -0.610. The van der Waals surface area contributed by atoms with Gasteiger partial charge in [-0.2, -0.15) is 0 Å². The number of rotatable bonds is 8. The zero-order valence-electron chi connectivity index (χ0n) is 11.4. The first-order valence-electron chi connectivity index (χ1n) is 7.10. The number of unbranched alkanes of at least 4 members (excludes halogenated alkanes) is 2. The second kappa shape index (κ2) is 9.34. The van der Waals surface area contributed by atoms with Gasteiger partial charge in [0.2, 0.25) is 0 Å². The average molecular weight is 270 g/mol. The zero-order chi connectivity index (χ0) is 13.2. The molecule has 3 N–H and O–H groups in total. The molecule has 0 atom stereocenters. The molecule has 3 nitrogen and oxygen atoms in total. The van der Waals surface area contributed by atoms with Crippen molar-refractivity contribution in [3.8, 4) is 0 Å². The van der Waals surface area contributed by atoms with Crippen molar-refractivity contribution in [2.75, 3.05) is 19.7 Å². The molecular formula is C14H26N2OS. The third-order valence-corrected chi connectivity index (χ3v) is 3.69. The Kier molecular flexibility index (Phi) is 8.01. The van der Waals surface area contributed by atoms with Gasteiger partial charge in [-0.15, -0.1) is 0 Å². The fourth-order valence-corrected chi connectivity index (χ4v) is 2.57. The molecule has 0 bridgehead atoms. The number of nitrogens with one attached hydrogen (secondary N) is 2. The van der Waals surface area contributed by atoms with Gasteiger partial charge in [0, 0.05) is 13.1 Å². The third kappa shape index (κ3) is 5.83. The van der Waals surface area contributed by atoms with Gasteiger partial charge in [0.1, 0.15) is 0 Å². The Morgan fingerprint density at radius 2 is 2.00 bits per heavy atom. The Bertz CT molecular complexity index is 290. The summed E-state index contributed by atoms with van der Waals surface area (Å²) in [6, 6.07) is 0. The highest BCUT2D eigenvalue weighted by molar-refractivity contribution is 7.80. The lowest BCUT2D eigenvalue weighted by molar-refractivity contribution is 0.300. The first-order valence-corrected chi connectivity index (χ1v) is 7.51. The van der Waals surface area contributed by atoms with Crippen LogP contribution in [0, 0.1) is 0 Å². The minimum atomic E-state index is 0.118. The van der Waals surface area contributed by atoms with E-state index in [1.165, 1.54) is 44.9 Å². The largest absolute Gasteiger partial charge is 0.395 e. The van der Waals surface area contributed by atoms with Crippen LogP contribution < -0.4 is 10.6 Å². The van der Waals surface area contributed by atoms with Crippen molar-refractivity contribution in [3.63, 3.8) is 0 Å². The van der Waals surface area contributed by atoms with Gasteiger partial charge in [-0.1, -0.05) is 30.9 Å². The number of thiocarbonyl (C=S) groups is 1. The first kappa shape index (κ1) is 15.4. The molecule has 18 heavy (non-hydrogen) atoms. The van der Waals surface area contributed by atoms with Crippen LogP contribution in [0.15, 0.2) is 11.1 Å². The molecule has 0 unspecified atom stereocenters. The Balaban J connectivity index is 2.29. The Morgan fingerprint density at radius 3 is 2.72 bits per heavy atom. The summed E-state index contributed by atoms with van der Waals surface area (Å²) in [5.74, 6) is 0. The van der Waals surface area contributed by atoms with Crippen LogP contribution in [0.3, 0.4) is 0 Å². The molecule has 0 saturated carbocycles. The van der Waals surface area contributed by atoms with Gasteiger partial charge in [-0.25, -0.2) is 0 Å². The van der Waals surface area contributed by atoms with Crippen molar-refractivity contribution in [2.45, 2.75) is 51.9 Å². The van der Waals surface area contributed by atoms with Gasteiger partial charge in [-0.05, 0) is 44.3 Å². The van der Waals surface area contributed by atoms with Gasteiger partial charge < -0.3 is 15.7 Å². The number of aliphatic hydroxyl groups excluding tert-OH is 1. The van der Waals surface area contributed by atoms with Crippen molar-refractivity contribution in [3.05, 3.63) is 11.1 Å². The van der Waals surface area contributed by atoms with Gasteiger partial charge in [0.15, 0.2) is 5.11 Å². The van der Waals surface area contributed by atoms with Crippen LogP contribution >= 0.6 is 12.2 Å². The highest BCUT2D eigenvalue weighted by Gasteiger charge is 2.13. The lowest BCUT2D eigenvalue weighted by Crippen LogP contribution is -2.37. The summed E-state index contributed by atoms with van der Waals surface area (Å²) < 4.78 is 0. The first-order chi connectivity index (χ1) is 8.77. The fraction of sp³-hybridized carbons (Fsp3) is 0.786. The smallest absolute Gasteiger partial charge is 0.166 e. The van der Waals surface area contributed by atoms with Crippen molar-refractivity contribution in [1.29, 1.82) is 0 Å². The SMILES string of the molecule is CCCCCC1=C(CNC(=S)NCCO)CCC1. The van der Waals surface area contributed by atoms with E-state index in [2.05, 4.69) is 17.6 Å². The molecule has 0 aromatic heterocycles. The minimum absolute atomic E-state index is 0.118. The summed E-state index contributed by atoms with van der Waals surface area (Å²) >= 11 is 5.14. The van der Waals surface area contributed by atoms with E-state index in [-0.39, 0.29) is 6.61 Å². The van der Waals surface area contributed by atoms with Crippen LogP contribution in [-0.4, -0.2) is 29.9 Å². The van der Waals surface area contributed by atoms with E-state index in [0.29, 0.717) is 11.7 Å². The second-order valence-electron chi connectivity index (χ2n) is 4.85. The molecule has 1 aliphatic carbocycles. The lowest BCUT2D eigenvalue weighted by Gasteiger charge is -2.12. The van der Waals surface area contributed by atoms with Gasteiger partial charge in [-0.3, -0.25) is 0 Å². The fourth-order valence-electron chi connectivity index (χ4n) is 2.39. The standard InChI is InChI=1S/C14H26N2OS/c1-2-3-4-6-12-7-5-8-13(12)11-16-14(18)15-9-10-17/h17H,2-11H2,1H3,(H2,15,16,18). The quantitative estimate of drug-likeness (QED) is 0.360.